The van der Waals surface area contributed by atoms with Crippen molar-refractivity contribution in [1.29, 1.82) is 0 Å². The zero-order chi connectivity index (χ0) is 19.0. The molecule has 3 heterocycles. The van der Waals surface area contributed by atoms with E-state index in [-0.39, 0.29) is 37.2 Å². The third-order valence-corrected chi connectivity index (χ3v) is 4.60. The zero-order valence-electron chi connectivity index (χ0n) is 14.2. The number of nitrogens with one attached hydrogen (secondary N) is 1. The van der Waals surface area contributed by atoms with Gasteiger partial charge in [-0.05, 0) is 24.3 Å². The van der Waals surface area contributed by atoms with Crippen LogP contribution in [0.3, 0.4) is 0 Å². The molecule has 3 amide bonds. The number of rotatable bonds is 5. The lowest BCUT2D eigenvalue weighted by Crippen LogP contribution is -2.34. The second-order valence-electron chi connectivity index (χ2n) is 6.18. The Bertz CT molecular complexity index is 1040. The van der Waals surface area contributed by atoms with E-state index >= 15 is 0 Å². The minimum atomic E-state index is -0.361. The van der Waals surface area contributed by atoms with Crippen molar-refractivity contribution in [2.45, 2.75) is 13.0 Å². The van der Waals surface area contributed by atoms with Crippen LogP contribution in [0.1, 0.15) is 32.8 Å². The molecular weight excluding hydrogens is 368 g/mol. The topological polar surface area (TPSA) is 83.8 Å². The highest BCUT2D eigenvalue weighted by atomic mass is 35.5. The van der Waals surface area contributed by atoms with Crippen LogP contribution in [-0.4, -0.2) is 38.6 Å². The summed E-state index contributed by atoms with van der Waals surface area (Å²) >= 11 is 5.94. The Kier molecular flexibility index (Phi) is 4.37. The number of imide groups is 1. The highest BCUT2D eigenvalue weighted by molar-refractivity contribution is 6.30. The van der Waals surface area contributed by atoms with Gasteiger partial charge in [-0.3, -0.25) is 19.3 Å². The number of hydrogen-bond donors (Lipinski definition) is 1. The molecule has 3 aromatic rings. The maximum absolute atomic E-state index is 12.3. The van der Waals surface area contributed by atoms with E-state index in [2.05, 4.69) is 10.3 Å². The van der Waals surface area contributed by atoms with E-state index < -0.39 is 0 Å². The van der Waals surface area contributed by atoms with Gasteiger partial charge in [0.25, 0.3) is 11.8 Å². The third kappa shape index (κ3) is 3.29. The zero-order valence-corrected chi connectivity index (χ0v) is 14.9. The summed E-state index contributed by atoms with van der Waals surface area (Å²) in [7, 11) is 0. The molecule has 1 aliphatic rings. The van der Waals surface area contributed by atoms with Gasteiger partial charge in [0.2, 0.25) is 5.91 Å². The summed E-state index contributed by atoms with van der Waals surface area (Å²) in [5.41, 5.74) is 2.18. The summed E-state index contributed by atoms with van der Waals surface area (Å²) in [6.07, 6.45) is 3.55. The Balaban J connectivity index is 1.33. The van der Waals surface area contributed by atoms with Crippen molar-refractivity contribution in [3.8, 4) is 0 Å². The van der Waals surface area contributed by atoms with Crippen LogP contribution in [0.15, 0.2) is 48.8 Å². The van der Waals surface area contributed by atoms with E-state index in [1.807, 2.05) is 0 Å². The second-order valence-corrected chi connectivity index (χ2v) is 6.62. The molecule has 1 aliphatic heterocycles. The molecule has 0 bridgehead atoms. The third-order valence-electron chi connectivity index (χ3n) is 4.37. The van der Waals surface area contributed by atoms with Crippen molar-refractivity contribution in [1.82, 2.24) is 19.6 Å². The van der Waals surface area contributed by atoms with Gasteiger partial charge in [0.1, 0.15) is 5.65 Å². The van der Waals surface area contributed by atoms with Crippen molar-refractivity contribution in [2.24, 2.45) is 0 Å². The maximum Gasteiger partial charge on any atom is 0.261 e. The van der Waals surface area contributed by atoms with E-state index in [0.29, 0.717) is 21.8 Å². The van der Waals surface area contributed by atoms with Gasteiger partial charge in [-0.1, -0.05) is 23.7 Å². The molecule has 4 rings (SSSR count). The lowest BCUT2D eigenvalue weighted by molar-refractivity contribution is -0.121. The van der Waals surface area contributed by atoms with Crippen LogP contribution in [-0.2, 0) is 11.3 Å². The second kappa shape index (κ2) is 6.85. The number of benzene rings is 1. The molecule has 1 aromatic carbocycles. The minimum absolute atomic E-state index is 0.0324. The van der Waals surface area contributed by atoms with Gasteiger partial charge in [-0.2, -0.15) is 0 Å². The number of pyridine rings is 1. The summed E-state index contributed by atoms with van der Waals surface area (Å²) in [5, 5.41) is 3.35. The number of halogens is 1. The molecule has 0 saturated carbocycles. The van der Waals surface area contributed by atoms with Gasteiger partial charge < -0.3 is 9.72 Å². The van der Waals surface area contributed by atoms with Crippen LogP contribution >= 0.6 is 11.6 Å². The van der Waals surface area contributed by atoms with Crippen LogP contribution in [0, 0.1) is 0 Å². The highest BCUT2D eigenvalue weighted by Gasteiger charge is 2.34. The molecule has 0 radical (unpaired) electrons. The van der Waals surface area contributed by atoms with Crippen molar-refractivity contribution in [3.05, 3.63) is 70.6 Å². The van der Waals surface area contributed by atoms with Crippen LogP contribution in [0.5, 0.6) is 0 Å². The average molecular weight is 383 g/mol. The quantitative estimate of drug-likeness (QED) is 0.686. The minimum Gasteiger partial charge on any atom is -0.350 e. The largest absolute Gasteiger partial charge is 0.350 e. The molecule has 0 fully saturated rings. The molecular formula is C19H15ClN4O3. The monoisotopic (exact) mass is 382 g/mol. The number of carbonyl (C=O) groups excluding carboxylic acids is 3. The van der Waals surface area contributed by atoms with Gasteiger partial charge >= 0.3 is 0 Å². The van der Waals surface area contributed by atoms with Crippen molar-refractivity contribution < 1.29 is 14.4 Å². The molecule has 2 aromatic heterocycles. The molecule has 1 N–H and O–H groups in total. The number of hydrogen-bond acceptors (Lipinski definition) is 4. The number of fused-ring (bicyclic) bond motifs is 2. The lowest BCUT2D eigenvalue weighted by Gasteiger charge is -2.13. The fourth-order valence-corrected chi connectivity index (χ4v) is 3.20. The molecule has 0 spiro atoms. The summed E-state index contributed by atoms with van der Waals surface area (Å²) in [5.74, 6) is -0.983. The van der Waals surface area contributed by atoms with E-state index in [9.17, 15) is 14.4 Å². The van der Waals surface area contributed by atoms with Gasteiger partial charge in [-0.25, -0.2) is 4.98 Å². The van der Waals surface area contributed by atoms with E-state index in [4.69, 9.17) is 11.6 Å². The first-order valence-electron chi connectivity index (χ1n) is 8.38. The Labute approximate surface area is 159 Å². The molecule has 7 nitrogen and oxygen atoms in total. The van der Waals surface area contributed by atoms with E-state index in [0.717, 1.165) is 10.5 Å². The Morgan fingerprint density at radius 1 is 1.04 bits per heavy atom. The Morgan fingerprint density at radius 3 is 2.44 bits per heavy atom. The average Bonchev–Trinajstić information content (AvgIpc) is 3.17. The smallest absolute Gasteiger partial charge is 0.261 e. The molecule has 0 saturated heterocycles. The first-order valence-corrected chi connectivity index (χ1v) is 8.76. The Hall–Kier alpha value is -3.19. The summed E-state index contributed by atoms with van der Waals surface area (Å²) < 4.78 is 1.78. The maximum atomic E-state index is 12.3. The molecule has 8 heteroatoms. The Morgan fingerprint density at radius 2 is 1.74 bits per heavy atom. The fourth-order valence-electron chi connectivity index (χ4n) is 3.04. The predicted octanol–water partition coefficient (Wildman–Crippen LogP) is 2.29. The highest BCUT2D eigenvalue weighted by Crippen LogP contribution is 2.22. The molecule has 0 atom stereocenters. The van der Waals surface area contributed by atoms with Crippen LogP contribution in [0.2, 0.25) is 5.02 Å². The van der Waals surface area contributed by atoms with Crippen molar-refractivity contribution >= 4 is 35.0 Å². The van der Waals surface area contributed by atoms with Gasteiger partial charge in [0.15, 0.2) is 0 Å². The van der Waals surface area contributed by atoms with Crippen LogP contribution in [0.4, 0.5) is 0 Å². The number of imidazole rings is 1. The first-order chi connectivity index (χ1) is 13.0. The number of nitrogens with zero attached hydrogens (tertiary/aromatic N) is 3. The summed E-state index contributed by atoms with van der Waals surface area (Å²) in [6, 6.07) is 10.2. The normalized spacial score (nSPS) is 13.3. The lowest BCUT2D eigenvalue weighted by atomic mass is 10.1. The molecule has 27 heavy (non-hydrogen) atoms. The SMILES string of the molecule is O=C(CCN1C(=O)c2ccccc2C1=O)NCc1cn2cc(Cl)ccc2n1. The van der Waals surface area contributed by atoms with Gasteiger partial charge in [0.05, 0.1) is 28.4 Å². The molecule has 136 valence electrons. The molecule has 0 unspecified atom stereocenters. The fraction of sp³-hybridized carbons (Fsp3) is 0.158. The number of aromatic nitrogens is 2. The van der Waals surface area contributed by atoms with Crippen LogP contribution in [0.25, 0.3) is 5.65 Å². The van der Waals surface area contributed by atoms with Crippen LogP contribution < -0.4 is 5.32 Å². The van der Waals surface area contributed by atoms with E-state index in [1.165, 1.54) is 0 Å². The standard InChI is InChI=1S/C19H15ClN4O3/c20-12-5-6-16-22-13(11-23(16)10-12)9-21-17(25)7-8-24-18(26)14-3-1-2-4-15(14)19(24)27/h1-6,10-11H,7-9H2,(H,21,25). The van der Waals surface area contributed by atoms with Gasteiger partial charge in [0, 0.05) is 25.4 Å². The van der Waals surface area contributed by atoms with Crippen molar-refractivity contribution in [2.75, 3.05) is 6.54 Å². The predicted molar refractivity (Wildman–Crippen MR) is 98.5 cm³/mol. The van der Waals surface area contributed by atoms with E-state index in [1.54, 1.807) is 53.2 Å². The number of carbonyl (C=O) groups is 3. The van der Waals surface area contributed by atoms with Gasteiger partial charge in [-0.15, -0.1) is 0 Å². The van der Waals surface area contributed by atoms with Crippen molar-refractivity contribution in [3.63, 3.8) is 0 Å². The number of amides is 3. The molecule has 0 aliphatic carbocycles. The summed E-state index contributed by atoms with van der Waals surface area (Å²) in [4.78, 5) is 42.2. The first kappa shape index (κ1) is 17.2. The summed E-state index contributed by atoms with van der Waals surface area (Å²) in [6.45, 7) is 0.291.